The summed E-state index contributed by atoms with van der Waals surface area (Å²) < 4.78 is 30.0. The van der Waals surface area contributed by atoms with E-state index in [9.17, 15) is 14.3 Å². The van der Waals surface area contributed by atoms with Crippen LogP contribution in [0.25, 0.3) is 0 Å². The van der Waals surface area contributed by atoms with Gasteiger partial charge in [-0.1, -0.05) is 50.0 Å². The van der Waals surface area contributed by atoms with E-state index in [1.165, 1.54) is 24.3 Å². The molecule has 4 N–H and O–H groups in total. The lowest BCUT2D eigenvalue weighted by Crippen LogP contribution is -2.52. The van der Waals surface area contributed by atoms with Crippen molar-refractivity contribution >= 4 is 29.2 Å². The topological polar surface area (TPSA) is 75.3 Å². The Kier molecular flexibility index (Phi) is 6.18. The van der Waals surface area contributed by atoms with Gasteiger partial charge < -0.3 is 10.8 Å². The molecular formula is C22H24Cl2F2N2O2. The van der Waals surface area contributed by atoms with Crippen LogP contribution < -0.4 is 11.1 Å². The van der Waals surface area contributed by atoms with Gasteiger partial charge in [-0.2, -0.15) is 0 Å². The lowest BCUT2D eigenvalue weighted by atomic mass is 9.68. The molecule has 0 aliphatic carbocycles. The number of aliphatic carboxylic acids is 1. The van der Waals surface area contributed by atoms with Crippen LogP contribution in [-0.4, -0.2) is 23.2 Å². The maximum absolute atomic E-state index is 15.1. The summed E-state index contributed by atoms with van der Waals surface area (Å²) in [4.78, 5) is 12.2. The molecule has 8 heteroatoms. The van der Waals surface area contributed by atoms with Gasteiger partial charge in [0.15, 0.2) is 0 Å². The minimum Gasteiger partial charge on any atom is -0.480 e. The van der Waals surface area contributed by atoms with Gasteiger partial charge in [0.05, 0.1) is 5.54 Å². The second-order valence-corrected chi connectivity index (χ2v) is 9.87. The fourth-order valence-corrected chi connectivity index (χ4v) is 4.72. The minimum atomic E-state index is -1.57. The van der Waals surface area contributed by atoms with Crippen molar-refractivity contribution < 1.29 is 18.7 Å². The Morgan fingerprint density at radius 1 is 1.13 bits per heavy atom. The summed E-state index contributed by atoms with van der Waals surface area (Å²) in [5, 5.41) is 13.4. The largest absolute Gasteiger partial charge is 0.480 e. The molecule has 0 aromatic heterocycles. The van der Waals surface area contributed by atoms with Crippen LogP contribution >= 0.6 is 23.2 Å². The van der Waals surface area contributed by atoms with Crippen molar-refractivity contribution in [2.45, 2.75) is 50.7 Å². The molecule has 2 aromatic rings. The third kappa shape index (κ3) is 4.19. The molecule has 0 spiro atoms. The van der Waals surface area contributed by atoms with Gasteiger partial charge in [0.25, 0.3) is 0 Å². The SMILES string of the molecule is CC(C)(C)C[C@@H]1N[C@@H](C(=O)O)[C@H](c2cc(Cl)ccc2F)[C@@]1(N)c1ccc(Cl)cc1F. The number of nitrogens with one attached hydrogen (secondary N) is 1. The molecule has 1 fully saturated rings. The molecule has 162 valence electrons. The molecule has 4 atom stereocenters. The van der Waals surface area contributed by atoms with Gasteiger partial charge >= 0.3 is 5.97 Å². The van der Waals surface area contributed by atoms with Crippen molar-refractivity contribution in [2.75, 3.05) is 0 Å². The van der Waals surface area contributed by atoms with E-state index in [1.807, 2.05) is 20.8 Å². The van der Waals surface area contributed by atoms with Gasteiger partial charge in [-0.25, -0.2) is 8.78 Å². The molecule has 1 aliphatic rings. The monoisotopic (exact) mass is 456 g/mol. The number of carboxylic acid groups (broad SMARTS) is 1. The van der Waals surface area contributed by atoms with Gasteiger partial charge in [-0.05, 0) is 47.7 Å². The molecule has 2 aromatic carbocycles. The first-order valence-electron chi connectivity index (χ1n) is 9.53. The lowest BCUT2D eigenvalue weighted by molar-refractivity contribution is -0.139. The van der Waals surface area contributed by atoms with Crippen molar-refractivity contribution in [3.8, 4) is 0 Å². The quantitative estimate of drug-likeness (QED) is 0.599. The lowest BCUT2D eigenvalue weighted by Gasteiger charge is -2.39. The molecule has 30 heavy (non-hydrogen) atoms. The van der Waals surface area contributed by atoms with Gasteiger partial charge in [-0.3, -0.25) is 10.1 Å². The number of rotatable bonds is 4. The fraction of sp³-hybridized carbons (Fsp3) is 0.409. The summed E-state index contributed by atoms with van der Waals surface area (Å²) in [5.41, 5.74) is 5.14. The molecule has 0 saturated carbocycles. The highest BCUT2D eigenvalue weighted by atomic mass is 35.5. The first-order chi connectivity index (χ1) is 13.8. The summed E-state index contributed by atoms with van der Waals surface area (Å²) >= 11 is 12.0. The number of halogens is 4. The summed E-state index contributed by atoms with van der Waals surface area (Å²) in [7, 11) is 0. The Balaban J connectivity index is 2.30. The van der Waals surface area contributed by atoms with Crippen LogP contribution in [0.5, 0.6) is 0 Å². The van der Waals surface area contributed by atoms with Gasteiger partial charge in [0.1, 0.15) is 17.7 Å². The predicted molar refractivity (Wildman–Crippen MR) is 114 cm³/mol. The van der Waals surface area contributed by atoms with Crippen molar-refractivity contribution in [1.29, 1.82) is 0 Å². The zero-order chi connectivity index (χ0) is 22.4. The van der Waals surface area contributed by atoms with Crippen LogP contribution in [0.4, 0.5) is 8.78 Å². The third-order valence-corrected chi connectivity index (χ3v) is 6.05. The molecule has 1 saturated heterocycles. The Bertz CT molecular complexity index is 980. The highest BCUT2D eigenvalue weighted by Crippen LogP contribution is 2.49. The number of carboxylic acids is 1. The minimum absolute atomic E-state index is 0.0238. The average molecular weight is 457 g/mol. The number of nitrogens with two attached hydrogens (primary N) is 1. The van der Waals surface area contributed by atoms with E-state index >= 15 is 4.39 Å². The maximum Gasteiger partial charge on any atom is 0.321 e. The molecule has 3 rings (SSSR count). The first kappa shape index (κ1) is 22.9. The first-order valence-corrected chi connectivity index (χ1v) is 10.3. The van der Waals surface area contributed by atoms with Crippen molar-refractivity contribution in [1.82, 2.24) is 5.32 Å². The fourth-order valence-electron chi connectivity index (χ4n) is 4.38. The van der Waals surface area contributed by atoms with Gasteiger partial charge in [0, 0.05) is 27.6 Å². The van der Waals surface area contributed by atoms with Crippen LogP contribution in [0.3, 0.4) is 0 Å². The Morgan fingerprint density at radius 2 is 1.73 bits per heavy atom. The van der Waals surface area contributed by atoms with E-state index in [-0.39, 0.29) is 26.6 Å². The van der Waals surface area contributed by atoms with Crippen molar-refractivity contribution in [3.63, 3.8) is 0 Å². The van der Waals surface area contributed by atoms with Crippen LogP contribution in [0.2, 0.25) is 10.0 Å². The molecule has 0 bridgehead atoms. The Labute approximate surface area is 184 Å². The molecule has 0 unspecified atom stereocenters. The Morgan fingerprint density at radius 3 is 2.30 bits per heavy atom. The van der Waals surface area contributed by atoms with E-state index in [1.54, 1.807) is 0 Å². The van der Waals surface area contributed by atoms with E-state index in [2.05, 4.69) is 5.32 Å². The van der Waals surface area contributed by atoms with Crippen molar-refractivity contribution in [2.24, 2.45) is 11.1 Å². The normalized spacial score (nSPS) is 26.7. The second-order valence-electron chi connectivity index (χ2n) is 9.00. The zero-order valence-electron chi connectivity index (χ0n) is 16.8. The van der Waals surface area contributed by atoms with Crippen LogP contribution in [-0.2, 0) is 10.3 Å². The predicted octanol–water partition coefficient (Wildman–Crippen LogP) is 5.07. The van der Waals surface area contributed by atoms with Gasteiger partial charge in [-0.15, -0.1) is 0 Å². The Hall–Kier alpha value is -1.73. The van der Waals surface area contributed by atoms with Crippen molar-refractivity contribution in [3.05, 3.63) is 69.2 Å². The number of carbonyl (C=O) groups is 1. The van der Waals surface area contributed by atoms with Crippen LogP contribution in [0, 0.1) is 17.0 Å². The standard InChI is InChI=1S/C22H24Cl2F2N2O2/c1-21(2,3)10-17-22(27,14-6-4-12(24)9-16(14)26)18(19(28-17)20(29)30)13-8-11(23)5-7-15(13)25/h4-9,17-19,28H,10,27H2,1-3H3,(H,29,30)/t17-,18-,19+,22+/m0/s1. The number of hydrogen-bond acceptors (Lipinski definition) is 3. The summed E-state index contributed by atoms with van der Waals surface area (Å²) in [5.74, 6) is -3.65. The van der Waals surface area contributed by atoms with E-state index in [4.69, 9.17) is 28.9 Å². The van der Waals surface area contributed by atoms with Crippen LogP contribution in [0.1, 0.15) is 44.2 Å². The highest BCUT2D eigenvalue weighted by molar-refractivity contribution is 6.30. The van der Waals surface area contributed by atoms with E-state index < -0.39 is 41.1 Å². The van der Waals surface area contributed by atoms with Gasteiger partial charge in [0.2, 0.25) is 0 Å². The smallest absolute Gasteiger partial charge is 0.321 e. The number of benzene rings is 2. The molecule has 0 radical (unpaired) electrons. The molecular weight excluding hydrogens is 433 g/mol. The molecule has 4 nitrogen and oxygen atoms in total. The summed E-state index contributed by atoms with van der Waals surface area (Å²) in [6.45, 7) is 5.91. The summed E-state index contributed by atoms with van der Waals surface area (Å²) in [6.07, 6.45) is 0.425. The molecule has 0 amide bonds. The zero-order valence-corrected chi connectivity index (χ0v) is 18.4. The van der Waals surface area contributed by atoms with E-state index in [0.717, 1.165) is 12.1 Å². The average Bonchev–Trinajstić information content (AvgIpc) is 2.89. The molecule has 1 aliphatic heterocycles. The third-order valence-electron chi connectivity index (χ3n) is 5.58. The second kappa shape index (κ2) is 8.08. The maximum atomic E-state index is 15.1. The summed E-state index contributed by atoms with van der Waals surface area (Å²) in [6, 6.07) is 6.03. The number of hydrogen-bond donors (Lipinski definition) is 3. The van der Waals surface area contributed by atoms with Crippen LogP contribution in [0.15, 0.2) is 36.4 Å². The molecule has 1 heterocycles. The highest BCUT2D eigenvalue weighted by Gasteiger charge is 2.58. The van der Waals surface area contributed by atoms with E-state index in [0.29, 0.717) is 6.42 Å².